The van der Waals surface area contributed by atoms with E-state index in [-0.39, 0.29) is 17.2 Å². The largest absolute Gasteiger partial charge is 0.394 e. The molecule has 0 saturated heterocycles. The maximum Gasteiger partial charge on any atom is 0.251 e. The summed E-state index contributed by atoms with van der Waals surface area (Å²) in [7, 11) is 0. The molecule has 7 nitrogen and oxygen atoms in total. The molecule has 9 heteroatoms. The number of anilines is 2. The molecule has 0 radical (unpaired) electrons. The summed E-state index contributed by atoms with van der Waals surface area (Å²) in [5, 5.41) is 13.0. The van der Waals surface area contributed by atoms with Gasteiger partial charge in [-0.05, 0) is 55.3 Å². The topological polar surface area (TPSA) is 92.9 Å². The molecule has 1 aromatic carbocycles. The molecule has 3 heterocycles. The summed E-state index contributed by atoms with van der Waals surface area (Å²) in [6.45, 7) is 3.45. The van der Waals surface area contributed by atoms with Crippen molar-refractivity contribution in [2.24, 2.45) is 0 Å². The molecule has 0 fully saturated rings. The third-order valence-electron chi connectivity index (χ3n) is 5.22. The Bertz CT molecular complexity index is 1380. The molecule has 2 N–H and O–H groups in total. The van der Waals surface area contributed by atoms with Crippen LogP contribution in [0.4, 0.5) is 16.0 Å². The molecule has 0 aliphatic carbocycles. The summed E-state index contributed by atoms with van der Waals surface area (Å²) in [4.78, 5) is 25.9. The summed E-state index contributed by atoms with van der Waals surface area (Å²) in [5.41, 5.74) is 3.87. The molecule has 0 aliphatic heterocycles. The number of aliphatic hydroxyl groups excluding tert-OH is 1. The Morgan fingerprint density at radius 1 is 1.15 bits per heavy atom. The zero-order valence-corrected chi connectivity index (χ0v) is 18.7. The molecule has 0 spiro atoms. The SMILES string of the molecule is Cc1cc(Nc2nccc(-c3ccn(C(CO)c4ccc(Cl)c(F)c4)c(=O)c3)n2)c(C)cn1. The van der Waals surface area contributed by atoms with E-state index in [2.05, 4.69) is 20.3 Å². The first-order valence-electron chi connectivity index (χ1n) is 10.2. The lowest BCUT2D eigenvalue weighted by Gasteiger charge is -2.18. The van der Waals surface area contributed by atoms with Gasteiger partial charge in [0.2, 0.25) is 5.95 Å². The first kappa shape index (κ1) is 22.6. The number of halogens is 2. The van der Waals surface area contributed by atoms with Gasteiger partial charge in [0.15, 0.2) is 0 Å². The molecule has 1 atom stereocenters. The van der Waals surface area contributed by atoms with Gasteiger partial charge in [-0.1, -0.05) is 17.7 Å². The fourth-order valence-electron chi connectivity index (χ4n) is 3.44. The van der Waals surface area contributed by atoms with Crippen LogP contribution in [-0.4, -0.2) is 31.2 Å². The lowest BCUT2D eigenvalue weighted by atomic mass is 10.1. The highest BCUT2D eigenvalue weighted by atomic mass is 35.5. The first-order valence-corrected chi connectivity index (χ1v) is 10.5. The molecule has 3 aromatic heterocycles. The molecule has 168 valence electrons. The Kier molecular flexibility index (Phi) is 6.48. The standard InChI is InChI=1S/C24H21ClFN5O2/c1-14-12-28-15(2)9-21(14)30-24-27-7-5-20(29-24)16-6-8-31(23(33)11-16)22(13-32)17-3-4-18(25)19(26)10-17/h3-12,22,32H,13H2,1-2H3,(H,27,28,29,30). The number of aryl methyl sites for hydroxylation is 2. The van der Waals surface area contributed by atoms with Crippen LogP contribution >= 0.6 is 11.6 Å². The van der Waals surface area contributed by atoms with Crippen molar-refractivity contribution >= 4 is 23.2 Å². The number of nitrogens with one attached hydrogen (secondary N) is 1. The number of rotatable bonds is 6. The highest BCUT2D eigenvalue weighted by Crippen LogP contribution is 2.24. The lowest BCUT2D eigenvalue weighted by molar-refractivity contribution is 0.247. The zero-order chi connectivity index (χ0) is 23.5. The minimum atomic E-state index is -0.751. The van der Waals surface area contributed by atoms with Crippen LogP contribution in [0.1, 0.15) is 22.9 Å². The van der Waals surface area contributed by atoms with Gasteiger partial charge in [-0.2, -0.15) is 0 Å². The zero-order valence-electron chi connectivity index (χ0n) is 18.0. The normalized spacial score (nSPS) is 11.9. The molecule has 4 aromatic rings. The maximum absolute atomic E-state index is 13.9. The minimum Gasteiger partial charge on any atom is -0.394 e. The van der Waals surface area contributed by atoms with E-state index in [0.717, 1.165) is 16.9 Å². The van der Waals surface area contributed by atoms with Crippen molar-refractivity contribution in [2.45, 2.75) is 19.9 Å². The fraction of sp³-hybridized carbons (Fsp3) is 0.167. The first-order chi connectivity index (χ1) is 15.9. The Labute approximate surface area is 194 Å². The Morgan fingerprint density at radius 3 is 2.70 bits per heavy atom. The Balaban J connectivity index is 1.64. The van der Waals surface area contributed by atoms with Crippen molar-refractivity contribution in [1.82, 2.24) is 19.5 Å². The van der Waals surface area contributed by atoms with Crippen LogP contribution in [0.5, 0.6) is 0 Å². The summed E-state index contributed by atoms with van der Waals surface area (Å²) in [6.07, 6.45) is 4.93. The lowest BCUT2D eigenvalue weighted by Crippen LogP contribution is -2.27. The smallest absolute Gasteiger partial charge is 0.251 e. The maximum atomic E-state index is 13.9. The molecule has 0 bridgehead atoms. The third kappa shape index (κ3) is 4.92. The van der Waals surface area contributed by atoms with Crippen LogP contribution in [0.15, 0.2) is 65.8 Å². The second kappa shape index (κ2) is 9.48. The van der Waals surface area contributed by atoms with Crippen LogP contribution in [-0.2, 0) is 0 Å². The average Bonchev–Trinajstić information content (AvgIpc) is 2.80. The predicted molar refractivity (Wildman–Crippen MR) is 125 cm³/mol. The van der Waals surface area contributed by atoms with Crippen molar-refractivity contribution in [3.8, 4) is 11.3 Å². The molecule has 0 aliphatic rings. The van der Waals surface area contributed by atoms with Crippen LogP contribution < -0.4 is 10.9 Å². The average molecular weight is 466 g/mol. The second-order valence-corrected chi connectivity index (χ2v) is 7.97. The van der Waals surface area contributed by atoms with Crippen molar-refractivity contribution in [2.75, 3.05) is 11.9 Å². The van der Waals surface area contributed by atoms with E-state index in [4.69, 9.17) is 11.6 Å². The quantitative estimate of drug-likeness (QED) is 0.437. The van der Waals surface area contributed by atoms with Crippen molar-refractivity contribution in [3.05, 3.63) is 99.1 Å². The molecule has 0 amide bonds. The number of benzene rings is 1. The van der Waals surface area contributed by atoms with Gasteiger partial charge >= 0.3 is 0 Å². The van der Waals surface area contributed by atoms with E-state index < -0.39 is 11.9 Å². The van der Waals surface area contributed by atoms with Gasteiger partial charge < -0.3 is 15.0 Å². The number of hydrogen-bond acceptors (Lipinski definition) is 6. The summed E-state index contributed by atoms with van der Waals surface area (Å²) in [5.74, 6) is -0.229. The molecule has 4 rings (SSSR count). The molecule has 0 saturated carbocycles. The Hall–Kier alpha value is -3.62. The highest BCUT2D eigenvalue weighted by Gasteiger charge is 2.16. The number of pyridine rings is 2. The molecule has 33 heavy (non-hydrogen) atoms. The van der Waals surface area contributed by atoms with Crippen LogP contribution in [0.3, 0.4) is 0 Å². The summed E-state index contributed by atoms with van der Waals surface area (Å²) >= 11 is 5.75. The van der Waals surface area contributed by atoms with Gasteiger partial charge in [0.05, 0.1) is 23.4 Å². The molecular weight excluding hydrogens is 445 g/mol. The summed E-state index contributed by atoms with van der Waals surface area (Å²) < 4.78 is 15.2. The van der Waals surface area contributed by atoms with Crippen LogP contribution in [0.25, 0.3) is 11.3 Å². The predicted octanol–water partition coefficient (Wildman–Crippen LogP) is 4.43. The van der Waals surface area contributed by atoms with Crippen molar-refractivity contribution < 1.29 is 9.50 Å². The van der Waals surface area contributed by atoms with Crippen LogP contribution in [0.2, 0.25) is 5.02 Å². The monoisotopic (exact) mass is 465 g/mol. The highest BCUT2D eigenvalue weighted by molar-refractivity contribution is 6.30. The number of nitrogens with zero attached hydrogens (tertiary/aromatic N) is 4. The van der Waals surface area contributed by atoms with Crippen LogP contribution in [0, 0.1) is 19.7 Å². The Morgan fingerprint density at radius 2 is 1.97 bits per heavy atom. The van der Waals surface area contributed by atoms with Crippen molar-refractivity contribution in [1.29, 1.82) is 0 Å². The van der Waals surface area contributed by atoms with E-state index in [9.17, 15) is 14.3 Å². The van der Waals surface area contributed by atoms with Gasteiger partial charge in [-0.25, -0.2) is 14.4 Å². The van der Waals surface area contributed by atoms with Gasteiger partial charge in [0.25, 0.3) is 5.56 Å². The van der Waals surface area contributed by atoms with E-state index >= 15 is 0 Å². The number of aliphatic hydroxyl groups is 1. The number of hydrogen-bond donors (Lipinski definition) is 2. The van der Waals surface area contributed by atoms with Gasteiger partial charge in [-0.3, -0.25) is 9.78 Å². The minimum absolute atomic E-state index is 0.0246. The van der Waals surface area contributed by atoms with E-state index in [1.807, 2.05) is 19.9 Å². The van der Waals surface area contributed by atoms with Gasteiger partial charge in [0, 0.05) is 41.6 Å². The van der Waals surface area contributed by atoms with Crippen molar-refractivity contribution in [3.63, 3.8) is 0 Å². The fourth-order valence-corrected chi connectivity index (χ4v) is 3.56. The molecular formula is C24H21ClFN5O2. The van der Waals surface area contributed by atoms with E-state index in [1.54, 1.807) is 36.8 Å². The van der Waals surface area contributed by atoms with E-state index in [1.165, 1.54) is 22.8 Å². The van der Waals surface area contributed by atoms with Gasteiger partial charge in [-0.15, -0.1) is 0 Å². The van der Waals surface area contributed by atoms with E-state index in [0.29, 0.717) is 22.8 Å². The summed E-state index contributed by atoms with van der Waals surface area (Å²) in [6, 6.07) is 10.2. The third-order valence-corrected chi connectivity index (χ3v) is 5.53. The molecule has 1 unspecified atom stereocenters. The van der Waals surface area contributed by atoms with Gasteiger partial charge in [0.1, 0.15) is 5.82 Å². The second-order valence-electron chi connectivity index (χ2n) is 7.56. The number of aromatic nitrogens is 4.